The lowest BCUT2D eigenvalue weighted by Crippen LogP contribution is -2.48. The molecule has 1 aliphatic rings. The van der Waals surface area contributed by atoms with Gasteiger partial charge in [-0.1, -0.05) is 11.8 Å². The van der Waals surface area contributed by atoms with Crippen molar-refractivity contribution in [2.45, 2.75) is 38.1 Å². The van der Waals surface area contributed by atoms with Crippen molar-refractivity contribution in [1.29, 1.82) is 0 Å². The van der Waals surface area contributed by atoms with Crippen LogP contribution in [0.5, 0.6) is 0 Å². The van der Waals surface area contributed by atoms with Crippen LogP contribution >= 0.6 is 11.8 Å². The summed E-state index contributed by atoms with van der Waals surface area (Å²) in [6.07, 6.45) is 0.213. The van der Waals surface area contributed by atoms with E-state index in [1.165, 1.54) is 11.8 Å². The average Bonchev–Trinajstić information content (AvgIpc) is 2.66. The maximum absolute atomic E-state index is 12.2. The fourth-order valence-electron chi connectivity index (χ4n) is 2.11. The Morgan fingerprint density at radius 2 is 2.00 bits per heavy atom. The summed E-state index contributed by atoms with van der Waals surface area (Å²) in [5.41, 5.74) is 0. The molecule has 2 atom stereocenters. The van der Waals surface area contributed by atoms with E-state index < -0.39 is 0 Å². The van der Waals surface area contributed by atoms with E-state index in [4.69, 9.17) is 4.74 Å². The summed E-state index contributed by atoms with van der Waals surface area (Å²) in [6.45, 7) is 7.22. The van der Waals surface area contributed by atoms with Gasteiger partial charge in [-0.3, -0.25) is 4.79 Å². The van der Waals surface area contributed by atoms with Gasteiger partial charge in [0.1, 0.15) is 5.82 Å². The summed E-state index contributed by atoms with van der Waals surface area (Å²) in [5.74, 6) is 1.38. The van der Waals surface area contributed by atoms with E-state index in [1.54, 1.807) is 0 Å². The SMILES string of the molecule is Cc1nnc(SCC(=O)N2C[C@@H](C)O[C@H](C)C2)n1C. The van der Waals surface area contributed by atoms with Gasteiger partial charge in [0, 0.05) is 20.1 Å². The smallest absolute Gasteiger partial charge is 0.233 e. The van der Waals surface area contributed by atoms with Gasteiger partial charge in [0.2, 0.25) is 5.91 Å². The van der Waals surface area contributed by atoms with Gasteiger partial charge in [-0.25, -0.2) is 0 Å². The molecule has 1 aromatic heterocycles. The zero-order valence-corrected chi connectivity index (χ0v) is 12.6. The normalized spacial score (nSPS) is 23.7. The molecule has 1 aromatic rings. The first-order valence-electron chi connectivity index (χ1n) is 6.39. The Morgan fingerprint density at radius 3 is 2.53 bits per heavy atom. The molecule has 1 fully saturated rings. The third-order valence-corrected chi connectivity index (χ3v) is 4.15. The molecule has 0 saturated carbocycles. The van der Waals surface area contributed by atoms with Gasteiger partial charge >= 0.3 is 0 Å². The lowest BCUT2D eigenvalue weighted by atomic mass is 10.2. The van der Waals surface area contributed by atoms with E-state index in [0.29, 0.717) is 18.8 Å². The first-order valence-corrected chi connectivity index (χ1v) is 7.38. The number of ether oxygens (including phenoxy) is 1. The molecule has 0 aromatic carbocycles. The molecule has 19 heavy (non-hydrogen) atoms. The zero-order chi connectivity index (χ0) is 14.0. The predicted octanol–water partition coefficient (Wildman–Crippen LogP) is 0.851. The van der Waals surface area contributed by atoms with Crippen molar-refractivity contribution in [2.24, 2.45) is 7.05 Å². The second kappa shape index (κ2) is 5.92. The van der Waals surface area contributed by atoms with E-state index in [0.717, 1.165) is 11.0 Å². The molecule has 1 aliphatic heterocycles. The first kappa shape index (κ1) is 14.3. The number of morpholine rings is 1. The minimum atomic E-state index is 0.106. The lowest BCUT2D eigenvalue weighted by molar-refractivity contribution is -0.140. The Hall–Kier alpha value is -1.08. The second-order valence-corrected chi connectivity index (χ2v) is 5.88. The maximum atomic E-state index is 12.2. The van der Waals surface area contributed by atoms with Crippen LogP contribution in [0.1, 0.15) is 19.7 Å². The lowest BCUT2D eigenvalue weighted by Gasteiger charge is -2.35. The number of nitrogens with zero attached hydrogens (tertiary/aromatic N) is 4. The Balaban J connectivity index is 1.89. The van der Waals surface area contributed by atoms with Gasteiger partial charge < -0.3 is 14.2 Å². The fraction of sp³-hybridized carbons (Fsp3) is 0.750. The standard InChI is InChI=1S/C12H20N4O2S/c1-8-5-16(6-9(2)18-8)11(17)7-19-12-14-13-10(3)15(12)4/h8-9H,5-7H2,1-4H3/t8-,9-/m1/s1. The summed E-state index contributed by atoms with van der Waals surface area (Å²) in [5, 5.41) is 8.80. The van der Waals surface area contributed by atoms with E-state index in [2.05, 4.69) is 10.2 Å². The van der Waals surface area contributed by atoms with Gasteiger partial charge in [0.25, 0.3) is 0 Å². The largest absolute Gasteiger partial charge is 0.372 e. The maximum Gasteiger partial charge on any atom is 0.233 e. The van der Waals surface area contributed by atoms with Crippen LogP contribution < -0.4 is 0 Å². The van der Waals surface area contributed by atoms with Gasteiger partial charge in [-0.05, 0) is 20.8 Å². The number of thioether (sulfide) groups is 1. The highest BCUT2D eigenvalue weighted by atomic mass is 32.2. The van der Waals surface area contributed by atoms with Crippen LogP contribution in [0.25, 0.3) is 0 Å². The van der Waals surface area contributed by atoms with E-state index in [-0.39, 0.29) is 18.1 Å². The van der Waals surface area contributed by atoms with Gasteiger partial charge in [0.05, 0.1) is 18.0 Å². The molecule has 0 spiro atoms. The van der Waals surface area contributed by atoms with E-state index >= 15 is 0 Å². The fourth-order valence-corrected chi connectivity index (χ4v) is 2.97. The van der Waals surface area contributed by atoms with Crippen molar-refractivity contribution in [3.8, 4) is 0 Å². The minimum absolute atomic E-state index is 0.106. The van der Waals surface area contributed by atoms with Gasteiger partial charge in [-0.15, -0.1) is 10.2 Å². The number of amides is 1. The van der Waals surface area contributed by atoms with Crippen molar-refractivity contribution in [3.63, 3.8) is 0 Å². The summed E-state index contributed by atoms with van der Waals surface area (Å²) in [7, 11) is 1.90. The number of hydrogen-bond acceptors (Lipinski definition) is 5. The third-order valence-electron chi connectivity index (χ3n) is 3.15. The molecule has 0 bridgehead atoms. The van der Waals surface area contributed by atoms with Crippen molar-refractivity contribution in [3.05, 3.63) is 5.82 Å². The molecule has 1 saturated heterocycles. The van der Waals surface area contributed by atoms with Gasteiger partial charge in [0.15, 0.2) is 5.16 Å². The Bertz CT molecular complexity index is 453. The number of carbonyl (C=O) groups excluding carboxylic acids is 1. The molecular weight excluding hydrogens is 264 g/mol. The molecule has 2 rings (SSSR count). The van der Waals surface area contributed by atoms with Gasteiger partial charge in [-0.2, -0.15) is 0 Å². The number of hydrogen-bond donors (Lipinski definition) is 0. The van der Waals surface area contributed by atoms with Crippen LogP contribution in [0, 0.1) is 6.92 Å². The number of aryl methyl sites for hydroxylation is 1. The number of aromatic nitrogens is 3. The van der Waals surface area contributed by atoms with E-state index in [9.17, 15) is 4.79 Å². The highest BCUT2D eigenvalue weighted by Crippen LogP contribution is 2.17. The van der Waals surface area contributed by atoms with Crippen molar-refractivity contribution >= 4 is 17.7 Å². The van der Waals surface area contributed by atoms with Crippen molar-refractivity contribution < 1.29 is 9.53 Å². The zero-order valence-electron chi connectivity index (χ0n) is 11.8. The molecule has 0 unspecified atom stereocenters. The van der Waals surface area contributed by atoms with Crippen LogP contribution in [-0.4, -0.2) is 56.6 Å². The van der Waals surface area contributed by atoms with Crippen molar-refractivity contribution in [1.82, 2.24) is 19.7 Å². The molecule has 0 aliphatic carbocycles. The Kier molecular flexibility index (Phi) is 4.46. The number of rotatable bonds is 3. The molecule has 0 N–H and O–H groups in total. The van der Waals surface area contributed by atoms with Crippen LogP contribution in [0.3, 0.4) is 0 Å². The van der Waals surface area contributed by atoms with Crippen LogP contribution in [0.4, 0.5) is 0 Å². The van der Waals surface area contributed by atoms with Crippen LogP contribution in [0.15, 0.2) is 5.16 Å². The summed E-state index contributed by atoms with van der Waals surface area (Å²) < 4.78 is 7.52. The molecule has 1 amide bonds. The highest BCUT2D eigenvalue weighted by Gasteiger charge is 2.26. The molecule has 0 radical (unpaired) electrons. The summed E-state index contributed by atoms with van der Waals surface area (Å²) in [6, 6.07) is 0. The second-order valence-electron chi connectivity index (χ2n) is 4.93. The summed E-state index contributed by atoms with van der Waals surface area (Å²) >= 11 is 1.43. The molecule has 106 valence electrons. The molecule has 7 heteroatoms. The van der Waals surface area contributed by atoms with Crippen LogP contribution in [0.2, 0.25) is 0 Å². The third kappa shape index (κ3) is 3.48. The predicted molar refractivity (Wildman–Crippen MR) is 73.1 cm³/mol. The Morgan fingerprint density at radius 1 is 1.37 bits per heavy atom. The first-order chi connectivity index (χ1) is 8.97. The minimum Gasteiger partial charge on any atom is -0.372 e. The summed E-state index contributed by atoms with van der Waals surface area (Å²) in [4.78, 5) is 14.0. The van der Waals surface area contributed by atoms with E-state index in [1.807, 2.05) is 37.3 Å². The topological polar surface area (TPSA) is 60.3 Å². The van der Waals surface area contributed by atoms with Crippen molar-refractivity contribution in [2.75, 3.05) is 18.8 Å². The monoisotopic (exact) mass is 284 g/mol. The van der Waals surface area contributed by atoms with Crippen LogP contribution in [-0.2, 0) is 16.6 Å². The quantitative estimate of drug-likeness (QED) is 0.770. The average molecular weight is 284 g/mol. The highest BCUT2D eigenvalue weighted by molar-refractivity contribution is 7.99. The molecule has 6 nitrogen and oxygen atoms in total. The molecular formula is C12H20N4O2S. The number of carbonyl (C=O) groups is 1. The Labute approximate surface area is 117 Å². The molecule has 2 heterocycles.